The fraction of sp³-hybridized carbons (Fsp3) is 1.00. The van der Waals surface area contributed by atoms with Crippen LogP contribution in [0.15, 0.2) is 0 Å². The monoisotopic (exact) mass is 245 g/mol. The van der Waals surface area contributed by atoms with Gasteiger partial charge in [0.25, 0.3) is 7.52 Å². The molecule has 0 saturated carbocycles. The Labute approximate surface area is 84.6 Å². The van der Waals surface area contributed by atoms with E-state index < -0.39 is 15.1 Å². The molecule has 0 fully saturated rings. The minimum atomic E-state index is -3.17. The van der Waals surface area contributed by atoms with Gasteiger partial charge in [0.15, 0.2) is 0 Å². The Morgan fingerprint density at radius 1 is 1.07 bits per heavy atom. The first-order chi connectivity index (χ1) is 6.31. The number of hydrogen-bond donors (Lipinski definition) is 0. The maximum atomic E-state index is 11.7. The Kier molecular flexibility index (Phi) is 5.52. The van der Waals surface area contributed by atoms with Crippen LogP contribution in [-0.4, -0.2) is 46.0 Å². The van der Waals surface area contributed by atoms with Gasteiger partial charge in [-0.2, -0.15) is 0 Å². The van der Waals surface area contributed by atoms with E-state index in [1.165, 1.54) is 39.7 Å². The number of nitrogens with zero attached hydrogens (tertiary/aromatic N) is 1. The van der Waals surface area contributed by atoms with Crippen LogP contribution in [0.2, 0.25) is 0 Å². The molecular formula is C6H17NO5P2. The van der Waals surface area contributed by atoms with E-state index in [2.05, 4.69) is 0 Å². The number of hydrogen-bond acceptors (Lipinski definition) is 5. The zero-order chi connectivity index (χ0) is 11.4. The average Bonchev–Trinajstić information content (AvgIpc) is 2.17. The van der Waals surface area contributed by atoms with E-state index >= 15 is 0 Å². The fourth-order valence-electron chi connectivity index (χ4n) is 0.695. The van der Waals surface area contributed by atoms with Crippen molar-refractivity contribution in [3.8, 4) is 0 Å². The Bertz CT molecular complexity index is 261. The molecule has 0 aliphatic heterocycles. The van der Waals surface area contributed by atoms with Crippen LogP contribution in [0.3, 0.4) is 0 Å². The van der Waals surface area contributed by atoms with Crippen LogP contribution in [0.25, 0.3) is 0 Å². The van der Waals surface area contributed by atoms with E-state index in [1.807, 2.05) is 0 Å². The normalized spacial score (nSPS) is 17.0. The molecule has 0 bridgehead atoms. The molecule has 0 heterocycles. The summed E-state index contributed by atoms with van der Waals surface area (Å²) in [6.45, 7) is 1.43. The van der Waals surface area contributed by atoms with E-state index in [-0.39, 0.29) is 6.29 Å². The minimum absolute atomic E-state index is 0.0678. The standard InChI is InChI=1S/C6H17NO5P2/c1-7(13(5,8)10-2)6-14(9,11-3)12-4/h6H2,1-5H3. The number of rotatable bonds is 6. The second-order valence-electron chi connectivity index (χ2n) is 2.76. The molecule has 1 atom stereocenters. The van der Waals surface area contributed by atoms with Crippen LogP contribution >= 0.6 is 15.1 Å². The molecule has 0 radical (unpaired) electrons. The SMILES string of the molecule is COP(=O)(CN(C)P(C)(=O)OC)OC. The zero-order valence-electron chi connectivity index (χ0n) is 9.09. The van der Waals surface area contributed by atoms with Gasteiger partial charge in [-0.15, -0.1) is 0 Å². The van der Waals surface area contributed by atoms with Crippen LogP contribution in [0.1, 0.15) is 0 Å². The first-order valence-corrected chi connectivity index (χ1v) is 7.62. The largest absolute Gasteiger partial charge is 0.344 e. The van der Waals surface area contributed by atoms with Gasteiger partial charge in [0.2, 0.25) is 0 Å². The molecule has 0 amide bonds. The molecule has 0 aromatic heterocycles. The highest BCUT2D eigenvalue weighted by Gasteiger charge is 2.30. The second kappa shape index (κ2) is 5.40. The van der Waals surface area contributed by atoms with E-state index in [9.17, 15) is 9.13 Å². The van der Waals surface area contributed by atoms with Gasteiger partial charge in [0, 0.05) is 28.0 Å². The predicted molar refractivity (Wildman–Crippen MR) is 54.8 cm³/mol. The van der Waals surface area contributed by atoms with Gasteiger partial charge in [0.05, 0.1) is 0 Å². The Balaban J connectivity index is 4.53. The molecule has 0 rings (SSSR count). The molecule has 0 aliphatic carbocycles. The summed E-state index contributed by atoms with van der Waals surface area (Å²) in [6, 6.07) is 0. The minimum Gasteiger partial charge on any atom is -0.321 e. The maximum Gasteiger partial charge on any atom is 0.344 e. The van der Waals surface area contributed by atoms with Crippen molar-refractivity contribution in [3.63, 3.8) is 0 Å². The van der Waals surface area contributed by atoms with E-state index in [4.69, 9.17) is 13.6 Å². The second-order valence-corrected chi connectivity index (χ2v) is 7.65. The van der Waals surface area contributed by atoms with Gasteiger partial charge in [-0.1, -0.05) is 0 Å². The summed E-state index contributed by atoms with van der Waals surface area (Å²) < 4.78 is 38.9. The Morgan fingerprint density at radius 2 is 1.50 bits per heavy atom. The quantitative estimate of drug-likeness (QED) is 0.665. The highest BCUT2D eigenvalue weighted by Crippen LogP contribution is 2.54. The lowest BCUT2D eigenvalue weighted by Gasteiger charge is -2.25. The molecule has 6 nitrogen and oxygen atoms in total. The Morgan fingerprint density at radius 3 is 1.79 bits per heavy atom. The van der Waals surface area contributed by atoms with E-state index in [0.717, 1.165) is 0 Å². The predicted octanol–water partition coefficient (Wildman–Crippen LogP) is 1.83. The summed E-state index contributed by atoms with van der Waals surface area (Å²) in [4.78, 5) is 0. The molecule has 0 aromatic rings. The van der Waals surface area contributed by atoms with Crippen LogP contribution in [-0.2, 0) is 22.7 Å². The van der Waals surface area contributed by atoms with Crippen molar-refractivity contribution in [2.24, 2.45) is 0 Å². The Hall–Kier alpha value is 0.300. The summed E-state index contributed by atoms with van der Waals surface area (Å²) in [5.74, 6) is 0. The van der Waals surface area contributed by atoms with Crippen LogP contribution < -0.4 is 0 Å². The average molecular weight is 245 g/mol. The van der Waals surface area contributed by atoms with Gasteiger partial charge < -0.3 is 13.6 Å². The fourth-order valence-corrected chi connectivity index (χ4v) is 3.24. The van der Waals surface area contributed by atoms with Gasteiger partial charge in [-0.3, -0.25) is 9.13 Å². The first kappa shape index (κ1) is 14.3. The molecule has 8 heteroatoms. The van der Waals surface area contributed by atoms with Crippen molar-refractivity contribution in [2.45, 2.75) is 0 Å². The van der Waals surface area contributed by atoms with Crippen molar-refractivity contribution in [2.75, 3.05) is 41.3 Å². The van der Waals surface area contributed by atoms with E-state index in [0.29, 0.717) is 0 Å². The lowest BCUT2D eigenvalue weighted by atomic mass is 11.2. The lowest BCUT2D eigenvalue weighted by molar-refractivity contribution is 0.260. The molecule has 0 saturated heterocycles. The highest BCUT2D eigenvalue weighted by molar-refractivity contribution is 7.58. The van der Waals surface area contributed by atoms with Gasteiger partial charge in [-0.05, 0) is 7.05 Å². The third kappa shape index (κ3) is 3.81. The summed E-state index contributed by atoms with van der Waals surface area (Å²) in [7, 11) is -0.621. The van der Waals surface area contributed by atoms with Crippen LogP contribution in [0.5, 0.6) is 0 Å². The lowest BCUT2D eigenvalue weighted by Crippen LogP contribution is -2.18. The molecule has 0 spiro atoms. The summed E-state index contributed by atoms with van der Waals surface area (Å²) in [6.07, 6.45) is -0.0678. The summed E-state index contributed by atoms with van der Waals surface area (Å²) >= 11 is 0. The van der Waals surface area contributed by atoms with Crippen molar-refractivity contribution in [1.82, 2.24) is 4.67 Å². The van der Waals surface area contributed by atoms with Crippen molar-refractivity contribution in [1.29, 1.82) is 0 Å². The van der Waals surface area contributed by atoms with Crippen molar-refractivity contribution in [3.05, 3.63) is 0 Å². The van der Waals surface area contributed by atoms with Crippen LogP contribution in [0, 0.1) is 0 Å². The molecule has 14 heavy (non-hydrogen) atoms. The molecular weight excluding hydrogens is 228 g/mol. The molecule has 1 unspecified atom stereocenters. The maximum absolute atomic E-state index is 11.7. The topological polar surface area (TPSA) is 65.1 Å². The highest BCUT2D eigenvalue weighted by atomic mass is 31.2. The van der Waals surface area contributed by atoms with Crippen LogP contribution in [0.4, 0.5) is 0 Å². The van der Waals surface area contributed by atoms with Crippen molar-refractivity contribution < 1.29 is 22.7 Å². The van der Waals surface area contributed by atoms with Crippen molar-refractivity contribution >= 4 is 15.1 Å². The molecule has 0 aromatic carbocycles. The third-order valence-corrected chi connectivity index (χ3v) is 6.06. The molecule has 0 N–H and O–H groups in total. The van der Waals surface area contributed by atoms with Gasteiger partial charge in [0.1, 0.15) is 6.29 Å². The third-order valence-electron chi connectivity index (χ3n) is 1.89. The summed E-state index contributed by atoms with van der Waals surface area (Å²) in [5, 5.41) is 0. The van der Waals surface area contributed by atoms with Gasteiger partial charge in [-0.25, -0.2) is 4.67 Å². The van der Waals surface area contributed by atoms with Gasteiger partial charge >= 0.3 is 7.60 Å². The van der Waals surface area contributed by atoms with E-state index in [1.54, 1.807) is 0 Å². The zero-order valence-corrected chi connectivity index (χ0v) is 10.9. The molecule has 86 valence electrons. The smallest absolute Gasteiger partial charge is 0.321 e. The summed E-state index contributed by atoms with van der Waals surface area (Å²) in [5.41, 5.74) is 0. The first-order valence-electron chi connectivity index (χ1n) is 3.86. The molecule has 0 aliphatic rings.